The Balaban J connectivity index is 1.63. The van der Waals surface area contributed by atoms with Gasteiger partial charge in [0.05, 0.1) is 24.6 Å². The van der Waals surface area contributed by atoms with Crippen molar-refractivity contribution in [3.63, 3.8) is 0 Å². The van der Waals surface area contributed by atoms with Gasteiger partial charge in [-0.05, 0) is 32.0 Å². The molecule has 0 saturated heterocycles. The van der Waals surface area contributed by atoms with Gasteiger partial charge >= 0.3 is 0 Å². The Bertz CT molecular complexity index is 1240. The summed E-state index contributed by atoms with van der Waals surface area (Å²) in [5.41, 5.74) is 2.45. The third kappa shape index (κ3) is 4.42. The van der Waals surface area contributed by atoms with Crippen LogP contribution in [0.25, 0.3) is 22.3 Å². The van der Waals surface area contributed by atoms with Crippen molar-refractivity contribution in [3.8, 4) is 17.3 Å². The van der Waals surface area contributed by atoms with Crippen LogP contribution >= 0.6 is 0 Å². The molecule has 0 saturated carbocycles. The standard InChI is InChI=1S/C21H25N9O2/c1-21(2,32-5)12-24-18-17-13(8-9-22-18)10-23-20(28-17)27-15-7-6-14(26-19(15)31-4)16-11-25-29-30(16)3/h6-11H,12H2,1-5H3,(H,22,24)(H,23,27,28). The Labute approximate surface area is 185 Å². The lowest BCUT2D eigenvalue weighted by Crippen LogP contribution is -2.32. The van der Waals surface area contributed by atoms with Gasteiger partial charge in [0.2, 0.25) is 11.8 Å². The number of nitrogens with zero attached hydrogens (tertiary/aromatic N) is 7. The van der Waals surface area contributed by atoms with E-state index in [-0.39, 0.29) is 5.60 Å². The summed E-state index contributed by atoms with van der Waals surface area (Å²) in [5, 5.41) is 15.2. The third-order valence-electron chi connectivity index (χ3n) is 5.01. The van der Waals surface area contributed by atoms with Gasteiger partial charge in [0.1, 0.15) is 16.9 Å². The summed E-state index contributed by atoms with van der Waals surface area (Å²) in [4.78, 5) is 18.1. The van der Waals surface area contributed by atoms with Crippen LogP contribution in [0.4, 0.5) is 17.5 Å². The predicted octanol–water partition coefficient (Wildman–Crippen LogP) is 2.80. The topological polar surface area (TPSA) is 125 Å². The molecule has 0 bridgehead atoms. The molecule has 0 atom stereocenters. The zero-order chi connectivity index (χ0) is 22.7. The summed E-state index contributed by atoms with van der Waals surface area (Å²) < 4.78 is 12.6. The molecule has 4 aromatic heterocycles. The number of aromatic nitrogens is 7. The van der Waals surface area contributed by atoms with Gasteiger partial charge in [0.15, 0.2) is 5.82 Å². The first-order valence-electron chi connectivity index (χ1n) is 9.98. The van der Waals surface area contributed by atoms with E-state index in [1.807, 2.05) is 32.0 Å². The normalized spacial score (nSPS) is 11.5. The van der Waals surface area contributed by atoms with Crippen molar-refractivity contribution >= 4 is 28.4 Å². The van der Waals surface area contributed by atoms with E-state index in [4.69, 9.17) is 9.47 Å². The monoisotopic (exact) mass is 435 g/mol. The van der Waals surface area contributed by atoms with Crippen molar-refractivity contribution in [1.82, 2.24) is 34.9 Å². The van der Waals surface area contributed by atoms with Crippen molar-refractivity contribution < 1.29 is 9.47 Å². The molecule has 4 heterocycles. The molecule has 0 aliphatic carbocycles. The second-order valence-electron chi connectivity index (χ2n) is 7.73. The SMILES string of the molecule is COc1nc(-c2cnnn2C)ccc1Nc1ncc2ccnc(NCC(C)(C)OC)c2n1. The lowest BCUT2D eigenvalue weighted by molar-refractivity contribution is 0.0343. The Morgan fingerprint density at radius 3 is 2.62 bits per heavy atom. The van der Waals surface area contributed by atoms with Gasteiger partial charge in [0, 0.05) is 38.5 Å². The zero-order valence-corrected chi connectivity index (χ0v) is 18.6. The maximum Gasteiger partial charge on any atom is 0.238 e. The average molecular weight is 435 g/mol. The highest BCUT2D eigenvalue weighted by Crippen LogP contribution is 2.29. The first-order chi connectivity index (χ1) is 15.4. The minimum Gasteiger partial charge on any atom is -0.479 e. The number of aryl methyl sites for hydroxylation is 1. The molecule has 32 heavy (non-hydrogen) atoms. The van der Waals surface area contributed by atoms with Crippen LogP contribution < -0.4 is 15.4 Å². The summed E-state index contributed by atoms with van der Waals surface area (Å²) in [6.07, 6.45) is 5.11. The van der Waals surface area contributed by atoms with Crippen LogP contribution in [-0.4, -0.2) is 61.3 Å². The van der Waals surface area contributed by atoms with Crippen molar-refractivity contribution in [2.75, 3.05) is 31.4 Å². The van der Waals surface area contributed by atoms with E-state index in [1.54, 1.807) is 44.5 Å². The number of anilines is 3. The highest BCUT2D eigenvalue weighted by Gasteiger charge is 2.18. The van der Waals surface area contributed by atoms with Crippen molar-refractivity contribution in [2.45, 2.75) is 19.4 Å². The van der Waals surface area contributed by atoms with E-state index < -0.39 is 0 Å². The average Bonchev–Trinajstić information content (AvgIpc) is 3.23. The number of methoxy groups -OCH3 is 2. The van der Waals surface area contributed by atoms with Crippen LogP contribution in [0.5, 0.6) is 5.88 Å². The molecule has 0 radical (unpaired) electrons. The summed E-state index contributed by atoms with van der Waals surface area (Å²) in [6.45, 7) is 4.57. The summed E-state index contributed by atoms with van der Waals surface area (Å²) in [5.74, 6) is 1.45. The molecule has 4 aromatic rings. The van der Waals surface area contributed by atoms with E-state index in [1.165, 1.54) is 0 Å². The molecule has 11 heteroatoms. The van der Waals surface area contributed by atoms with Crippen LogP contribution in [0.15, 0.2) is 36.8 Å². The van der Waals surface area contributed by atoms with Gasteiger partial charge < -0.3 is 20.1 Å². The molecular formula is C21H25N9O2. The largest absolute Gasteiger partial charge is 0.479 e. The molecule has 4 rings (SSSR count). The van der Waals surface area contributed by atoms with Gasteiger partial charge in [0.25, 0.3) is 0 Å². The molecular weight excluding hydrogens is 410 g/mol. The number of fused-ring (bicyclic) bond motifs is 1. The highest BCUT2D eigenvalue weighted by atomic mass is 16.5. The summed E-state index contributed by atoms with van der Waals surface area (Å²) >= 11 is 0. The second-order valence-corrected chi connectivity index (χ2v) is 7.73. The minimum absolute atomic E-state index is 0.345. The molecule has 0 fully saturated rings. The summed E-state index contributed by atoms with van der Waals surface area (Å²) in [6, 6.07) is 5.57. The first-order valence-corrected chi connectivity index (χ1v) is 9.98. The lowest BCUT2D eigenvalue weighted by Gasteiger charge is -2.23. The van der Waals surface area contributed by atoms with Crippen molar-refractivity contribution in [1.29, 1.82) is 0 Å². The van der Waals surface area contributed by atoms with Crippen molar-refractivity contribution in [3.05, 3.63) is 36.8 Å². The van der Waals surface area contributed by atoms with Gasteiger partial charge in [-0.25, -0.2) is 24.6 Å². The molecule has 0 unspecified atom stereocenters. The number of ether oxygens (including phenoxy) is 2. The van der Waals surface area contributed by atoms with E-state index >= 15 is 0 Å². The Morgan fingerprint density at radius 2 is 1.91 bits per heavy atom. The summed E-state index contributed by atoms with van der Waals surface area (Å²) in [7, 11) is 5.04. The Kier molecular flexibility index (Phi) is 5.82. The number of hydrogen-bond acceptors (Lipinski definition) is 10. The van der Waals surface area contributed by atoms with Gasteiger partial charge in [-0.3, -0.25) is 0 Å². The van der Waals surface area contributed by atoms with Crippen molar-refractivity contribution in [2.24, 2.45) is 7.05 Å². The smallest absolute Gasteiger partial charge is 0.238 e. The highest BCUT2D eigenvalue weighted by molar-refractivity contribution is 5.88. The van der Waals surface area contributed by atoms with Crippen LogP contribution in [0, 0.1) is 0 Å². The number of nitrogens with one attached hydrogen (secondary N) is 2. The van der Waals surface area contributed by atoms with Crippen LogP contribution in [-0.2, 0) is 11.8 Å². The predicted molar refractivity (Wildman–Crippen MR) is 121 cm³/mol. The van der Waals surface area contributed by atoms with Gasteiger partial charge in [-0.2, -0.15) is 0 Å². The molecule has 11 nitrogen and oxygen atoms in total. The van der Waals surface area contributed by atoms with Crippen LogP contribution in [0.3, 0.4) is 0 Å². The molecule has 0 aliphatic heterocycles. The number of hydrogen-bond donors (Lipinski definition) is 2. The fraction of sp³-hybridized carbons (Fsp3) is 0.333. The fourth-order valence-electron chi connectivity index (χ4n) is 2.99. The maximum absolute atomic E-state index is 5.48. The molecule has 0 aromatic carbocycles. The van der Waals surface area contributed by atoms with E-state index in [0.717, 1.165) is 11.1 Å². The molecule has 0 aliphatic rings. The van der Waals surface area contributed by atoms with Crippen LogP contribution in [0.1, 0.15) is 13.8 Å². The molecule has 0 spiro atoms. The fourth-order valence-corrected chi connectivity index (χ4v) is 2.99. The Morgan fingerprint density at radius 1 is 1.06 bits per heavy atom. The molecule has 166 valence electrons. The van der Waals surface area contributed by atoms with E-state index in [2.05, 4.69) is 40.9 Å². The van der Waals surface area contributed by atoms with E-state index in [9.17, 15) is 0 Å². The Hall–Kier alpha value is -3.86. The third-order valence-corrected chi connectivity index (χ3v) is 5.01. The van der Waals surface area contributed by atoms with Crippen LogP contribution in [0.2, 0.25) is 0 Å². The van der Waals surface area contributed by atoms with Gasteiger partial charge in [-0.1, -0.05) is 5.21 Å². The lowest BCUT2D eigenvalue weighted by atomic mass is 10.1. The number of rotatable bonds is 8. The quantitative estimate of drug-likeness (QED) is 0.427. The minimum atomic E-state index is -0.345. The molecule has 2 N–H and O–H groups in total. The van der Waals surface area contributed by atoms with E-state index in [0.29, 0.717) is 41.1 Å². The maximum atomic E-state index is 5.48. The number of pyridine rings is 2. The van der Waals surface area contributed by atoms with Gasteiger partial charge in [-0.15, -0.1) is 5.10 Å². The first kappa shape index (κ1) is 21.4. The molecule has 0 amide bonds. The zero-order valence-electron chi connectivity index (χ0n) is 18.6. The second kappa shape index (κ2) is 8.71.